The summed E-state index contributed by atoms with van der Waals surface area (Å²) in [4.78, 5) is 12.1. The minimum atomic E-state index is -3.58. The number of carbonyl (C=O) groups is 1. The van der Waals surface area contributed by atoms with Crippen LogP contribution in [-0.4, -0.2) is 39.3 Å². The van der Waals surface area contributed by atoms with Crippen molar-refractivity contribution in [3.8, 4) is 5.75 Å². The molecule has 6 nitrogen and oxygen atoms in total. The summed E-state index contributed by atoms with van der Waals surface area (Å²) in [6.45, 7) is 1.65. The quantitative estimate of drug-likeness (QED) is 0.780. The van der Waals surface area contributed by atoms with Crippen LogP contribution in [0.3, 0.4) is 0 Å². The molecule has 1 amide bonds. The lowest BCUT2D eigenvalue weighted by molar-refractivity contribution is -0.123. The topological polar surface area (TPSA) is 75.7 Å². The van der Waals surface area contributed by atoms with Crippen LogP contribution in [-0.2, 0) is 14.8 Å². The zero-order chi connectivity index (χ0) is 19.3. The average molecular weight is 397 g/mol. The fourth-order valence-electron chi connectivity index (χ4n) is 2.22. The van der Waals surface area contributed by atoms with E-state index in [1.54, 1.807) is 0 Å². The van der Waals surface area contributed by atoms with Gasteiger partial charge in [0.25, 0.3) is 5.91 Å². The van der Waals surface area contributed by atoms with E-state index < -0.39 is 10.0 Å². The number of nitrogens with zero attached hydrogens (tertiary/aromatic N) is 1. The summed E-state index contributed by atoms with van der Waals surface area (Å²) in [6, 6.07) is 13.5. The fraction of sp³-hybridized carbons (Fsp3) is 0.278. The van der Waals surface area contributed by atoms with Crippen molar-refractivity contribution >= 4 is 27.5 Å². The van der Waals surface area contributed by atoms with Crippen molar-refractivity contribution in [1.82, 2.24) is 9.62 Å². The van der Waals surface area contributed by atoms with E-state index in [1.807, 2.05) is 37.3 Å². The van der Waals surface area contributed by atoms with Crippen molar-refractivity contribution in [3.63, 3.8) is 0 Å². The summed E-state index contributed by atoms with van der Waals surface area (Å²) >= 11 is 6.09. The Morgan fingerprint density at radius 3 is 2.42 bits per heavy atom. The van der Waals surface area contributed by atoms with E-state index in [-0.39, 0.29) is 34.2 Å². The third kappa shape index (κ3) is 4.97. The molecule has 0 aliphatic rings. The Bertz CT molecular complexity index is 870. The lowest BCUT2D eigenvalue weighted by atomic mass is 10.1. The van der Waals surface area contributed by atoms with Gasteiger partial charge in [-0.2, -0.15) is 0 Å². The first-order chi connectivity index (χ1) is 12.2. The van der Waals surface area contributed by atoms with Crippen LogP contribution in [0.25, 0.3) is 0 Å². The van der Waals surface area contributed by atoms with Gasteiger partial charge in [0.2, 0.25) is 10.0 Å². The fourth-order valence-corrected chi connectivity index (χ4v) is 3.45. The van der Waals surface area contributed by atoms with Crippen molar-refractivity contribution in [2.75, 3.05) is 20.7 Å². The van der Waals surface area contributed by atoms with Gasteiger partial charge in [-0.15, -0.1) is 0 Å². The molecule has 2 rings (SSSR count). The predicted molar refractivity (Wildman–Crippen MR) is 101 cm³/mol. The minimum absolute atomic E-state index is 0.0574. The second-order valence-electron chi connectivity index (χ2n) is 5.87. The van der Waals surface area contributed by atoms with E-state index in [0.717, 1.165) is 9.87 Å². The third-order valence-electron chi connectivity index (χ3n) is 3.72. The molecule has 0 heterocycles. The van der Waals surface area contributed by atoms with E-state index in [4.69, 9.17) is 16.3 Å². The maximum absolute atomic E-state index is 12.1. The molecular formula is C18H21ClN2O4S. The van der Waals surface area contributed by atoms with Crippen LogP contribution < -0.4 is 10.1 Å². The SMILES string of the molecule is C[C@@H](NC(=O)COc1ccc(S(=O)(=O)N(C)C)cc1Cl)c1ccccc1. The number of benzene rings is 2. The van der Waals surface area contributed by atoms with Gasteiger partial charge >= 0.3 is 0 Å². The van der Waals surface area contributed by atoms with Gasteiger partial charge < -0.3 is 10.1 Å². The molecule has 0 spiro atoms. The lowest BCUT2D eigenvalue weighted by Crippen LogP contribution is -2.31. The number of hydrogen-bond acceptors (Lipinski definition) is 4. The second-order valence-corrected chi connectivity index (χ2v) is 8.43. The molecule has 8 heteroatoms. The predicted octanol–water partition coefficient (Wildman–Crippen LogP) is 2.85. The molecule has 0 aliphatic heterocycles. The molecule has 140 valence electrons. The number of nitrogens with one attached hydrogen (secondary N) is 1. The second kappa shape index (κ2) is 8.53. The van der Waals surface area contributed by atoms with Crippen molar-refractivity contribution in [2.24, 2.45) is 0 Å². The Labute approximate surface area is 158 Å². The van der Waals surface area contributed by atoms with E-state index in [9.17, 15) is 13.2 Å². The van der Waals surface area contributed by atoms with Gasteiger partial charge in [-0.3, -0.25) is 4.79 Å². The number of hydrogen-bond donors (Lipinski definition) is 1. The molecular weight excluding hydrogens is 376 g/mol. The number of ether oxygens (including phenoxy) is 1. The zero-order valence-corrected chi connectivity index (χ0v) is 16.3. The average Bonchev–Trinajstić information content (AvgIpc) is 2.61. The molecule has 0 aliphatic carbocycles. The summed E-state index contributed by atoms with van der Waals surface area (Å²) in [5.74, 6) is -0.0608. The first-order valence-electron chi connectivity index (χ1n) is 7.91. The largest absolute Gasteiger partial charge is 0.482 e. The highest BCUT2D eigenvalue weighted by Gasteiger charge is 2.19. The summed E-state index contributed by atoms with van der Waals surface area (Å²) in [5.41, 5.74) is 0.983. The normalized spacial score (nSPS) is 12.7. The maximum atomic E-state index is 12.1. The molecule has 1 atom stereocenters. The van der Waals surface area contributed by atoms with Crippen LogP contribution in [0.15, 0.2) is 53.4 Å². The van der Waals surface area contributed by atoms with Crippen molar-refractivity contribution in [1.29, 1.82) is 0 Å². The highest BCUT2D eigenvalue weighted by atomic mass is 35.5. The molecule has 2 aromatic carbocycles. The Balaban J connectivity index is 1.98. The smallest absolute Gasteiger partial charge is 0.258 e. The van der Waals surface area contributed by atoms with Crippen LogP contribution in [0, 0.1) is 0 Å². The first kappa shape index (κ1) is 20.2. The molecule has 0 aromatic heterocycles. The number of sulfonamides is 1. The van der Waals surface area contributed by atoms with Gasteiger partial charge in [-0.05, 0) is 30.7 Å². The van der Waals surface area contributed by atoms with Crippen LogP contribution in [0.4, 0.5) is 0 Å². The van der Waals surface area contributed by atoms with Crippen molar-refractivity contribution in [2.45, 2.75) is 17.9 Å². The number of amides is 1. The lowest BCUT2D eigenvalue weighted by Gasteiger charge is -2.15. The Morgan fingerprint density at radius 2 is 1.85 bits per heavy atom. The molecule has 0 bridgehead atoms. The highest BCUT2D eigenvalue weighted by molar-refractivity contribution is 7.89. The molecule has 2 aromatic rings. The van der Waals surface area contributed by atoms with Gasteiger partial charge in [-0.25, -0.2) is 12.7 Å². The van der Waals surface area contributed by atoms with Crippen LogP contribution in [0.1, 0.15) is 18.5 Å². The van der Waals surface area contributed by atoms with Gasteiger partial charge in [0.05, 0.1) is 16.0 Å². The standard InChI is InChI=1S/C18H21ClN2O4S/c1-13(14-7-5-4-6-8-14)20-18(22)12-25-17-10-9-15(11-16(17)19)26(23,24)21(2)3/h4-11,13H,12H2,1-3H3,(H,20,22)/t13-/m1/s1. The molecule has 0 saturated carbocycles. The Kier molecular flexibility index (Phi) is 6.63. The highest BCUT2D eigenvalue weighted by Crippen LogP contribution is 2.28. The van der Waals surface area contributed by atoms with E-state index in [1.165, 1.54) is 32.3 Å². The number of halogens is 1. The van der Waals surface area contributed by atoms with Gasteiger partial charge in [0, 0.05) is 14.1 Å². The molecule has 0 unspecified atom stereocenters. The van der Waals surface area contributed by atoms with Gasteiger partial charge in [-0.1, -0.05) is 41.9 Å². The van der Waals surface area contributed by atoms with E-state index in [0.29, 0.717) is 0 Å². The Hall–Kier alpha value is -2.09. The zero-order valence-electron chi connectivity index (χ0n) is 14.8. The summed E-state index contributed by atoms with van der Waals surface area (Å²) in [7, 11) is -0.707. The monoisotopic (exact) mass is 396 g/mol. The first-order valence-corrected chi connectivity index (χ1v) is 9.73. The maximum Gasteiger partial charge on any atom is 0.258 e. The molecule has 26 heavy (non-hydrogen) atoms. The summed E-state index contributed by atoms with van der Waals surface area (Å²) < 4.78 is 30.7. The van der Waals surface area contributed by atoms with Crippen molar-refractivity contribution in [3.05, 3.63) is 59.1 Å². The number of rotatable bonds is 7. The molecule has 0 saturated heterocycles. The van der Waals surface area contributed by atoms with Crippen LogP contribution in [0.2, 0.25) is 5.02 Å². The van der Waals surface area contributed by atoms with E-state index >= 15 is 0 Å². The third-order valence-corrected chi connectivity index (χ3v) is 5.82. The molecule has 1 N–H and O–H groups in total. The van der Waals surface area contributed by atoms with E-state index in [2.05, 4.69) is 5.32 Å². The van der Waals surface area contributed by atoms with Crippen molar-refractivity contribution < 1.29 is 17.9 Å². The molecule has 0 radical (unpaired) electrons. The summed E-state index contributed by atoms with van der Waals surface area (Å²) in [6.07, 6.45) is 0. The number of carbonyl (C=O) groups excluding carboxylic acids is 1. The molecule has 0 fully saturated rings. The Morgan fingerprint density at radius 1 is 1.19 bits per heavy atom. The minimum Gasteiger partial charge on any atom is -0.482 e. The van der Waals surface area contributed by atoms with Gasteiger partial charge in [0.1, 0.15) is 5.75 Å². The summed E-state index contributed by atoms with van der Waals surface area (Å²) in [5, 5.41) is 2.95. The van der Waals surface area contributed by atoms with Gasteiger partial charge in [0.15, 0.2) is 6.61 Å². The van der Waals surface area contributed by atoms with Crippen LogP contribution in [0.5, 0.6) is 5.75 Å². The van der Waals surface area contributed by atoms with Crippen LogP contribution >= 0.6 is 11.6 Å².